The molecule has 0 spiro atoms. The molecule has 3 rings (SSSR count). The van der Waals surface area contributed by atoms with E-state index in [-0.39, 0.29) is 4.90 Å². The summed E-state index contributed by atoms with van der Waals surface area (Å²) in [5.41, 5.74) is -0.649. The number of aryl methyl sites for hydroxylation is 1. The van der Waals surface area contributed by atoms with E-state index >= 15 is 0 Å². The Hall–Kier alpha value is -2.18. The number of carboxylic acids is 1. The number of carbonyl (C=O) groups is 1. The van der Waals surface area contributed by atoms with Gasteiger partial charge in [0, 0.05) is 5.92 Å². The van der Waals surface area contributed by atoms with Gasteiger partial charge >= 0.3 is 5.97 Å². The maximum atomic E-state index is 12.9. The maximum absolute atomic E-state index is 12.9. The van der Waals surface area contributed by atoms with Gasteiger partial charge in [0.2, 0.25) is 5.60 Å². The van der Waals surface area contributed by atoms with Crippen LogP contribution in [0.15, 0.2) is 59.5 Å². The summed E-state index contributed by atoms with van der Waals surface area (Å²) in [5, 5.41) is 10.1. The Morgan fingerprint density at radius 2 is 1.62 bits per heavy atom. The first-order valence-corrected chi connectivity index (χ1v) is 10.1. The normalized spacial score (nSPS) is 17.7. The Morgan fingerprint density at radius 3 is 2.15 bits per heavy atom. The van der Waals surface area contributed by atoms with Gasteiger partial charge in [0.1, 0.15) is 0 Å². The van der Waals surface area contributed by atoms with Gasteiger partial charge < -0.3 is 5.11 Å². The Kier molecular flexibility index (Phi) is 5.16. The van der Waals surface area contributed by atoms with Crippen LogP contribution in [0, 0.1) is 12.8 Å². The summed E-state index contributed by atoms with van der Waals surface area (Å²) in [7, 11) is -4.25. The molecular weight excluding hydrogens is 352 g/mol. The van der Waals surface area contributed by atoms with E-state index in [4.69, 9.17) is 4.18 Å². The predicted octanol–water partition coefficient (Wildman–Crippen LogP) is 3.87. The van der Waals surface area contributed by atoms with E-state index < -0.39 is 27.6 Å². The largest absolute Gasteiger partial charge is 0.479 e. The topological polar surface area (TPSA) is 80.7 Å². The molecule has 2 aromatic rings. The number of rotatable bonds is 6. The molecule has 0 bridgehead atoms. The van der Waals surface area contributed by atoms with Gasteiger partial charge in [0.05, 0.1) is 4.90 Å². The second kappa shape index (κ2) is 7.21. The molecule has 1 atom stereocenters. The molecule has 5 nitrogen and oxygen atoms in total. The van der Waals surface area contributed by atoms with Crippen molar-refractivity contribution in [3.05, 3.63) is 65.7 Å². The van der Waals surface area contributed by atoms with Gasteiger partial charge in [-0.2, -0.15) is 8.42 Å². The highest BCUT2D eigenvalue weighted by atomic mass is 32.2. The highest BCUT2D eigenvalue weighted by Crippen LogP contribution is 2.45. The minimum absolute atomic E-state index is 0.0392. The van der Waals surface area contributed by atoms with Crippen molar-refractivity contribution < 1.29 is 22.5 Å². The van der Waals surface area contributed by atoms with Gasteiger partial charge in [0.15, 0.2) is 0 Å². The summed E-state index contributed by atoms with van der Waals surface area (Å²) in [6.45, 7) is 1.85. The molecule has 26 heavy (non-hydrogen) atoms. The van der Waals surface area contributed by atoms with Crippen molar-refractivity contribution in [1.29, 1.82) is 0 Å². The van der Waals surface area contributed by atoms with Crippen LogP contribution in [0.5, 0.6) is 0 Å². The number of benzene rings is 2. The van der Waals surface area contributed by atoms with Gasteiger partial charge in [-0.15, -0.1) is 0 Å². The second-order valence-electron chi connectivity index (χ2n) is 6.74. The lowest BCUT2D eigenvalue weighted by molar-refractivity contribution is -0.161. The summed E-state index contributed by atoms with van der Waals surface area (Å²) in [5.74, 6) is -1.67. The highest BCUT2D eigenvalue weighted by molar-refractivity contribution is 7.86. The third-order valence-corrected chi connectivity index (χ3v) is 6.33. The molecule has 0 aromatic heterocycles. The summed E-state index contributed by atoms with van der Waals surface area (Å²) in [6, 6.07) is 14.6. The van der Waals surface area contributed by atoms with E-state index in [0.29, 0.717) is 18.4 Å². The van der Waals surface area contributed by atoms with Crippen molar-refractivity contribution in [2.24, 2.45) is 5.92 Å². The number of aliphatic carboxylic acids is 1. The van der Waals surface area contributed by atoms with E-state index in [1.807, 2.05) is 6.92 Å². The Labute approximate surface area is 153 Å². The van der Waals surface area contributed by atoms with Gasteiger partial charge in [-0.25, -0.2) is 8.98 Å². The molecular formula is C20H22O5S. The van der Waals surface area contributed by atoms with Crippen molar-refractivity contribution >= 4 is 16.1 Å². The van der Waals surface area contributed by atoms with Crippen molar-refractivity contribution in [3.63, 3.8) is 0 Å². The van der Waals surface area contributed by atoms with Gasteiger partial charge in [-0.1, -0.05) is 60.9 Å². The zero-order valence-corrected chi connectivity index (χ0v) is 15.4. The molecule has 1 aliphatic carbocycles. The minimum atomic E-state index is -4.25. The molecule has 0 saturated heterocycles. The zero-order valence-electron chi connectivity index (χ0n) is 14.6. The van der Waals surface area contributed by atoms with Crippen LogP contribution in [0.3, 0.4) is 0 Å². The Morgan fingerprint density at radius 1 is 1.04 bits per heavy atom. The molecule has 0 aliphatic heterocycles. The molecule has 1 fully saturated rings. The monoisotopic (exact) mass is 374 g/mol. The Balaban J connectivity index is 2.11. The van der Waals surface area contributed by atoms with E-state index in [1.165, 1.54) is 12.1 Å². The first-order valence-electron chi connectivity index (χ1n) is 8.67. The lowest BCUT2D eigenvalue weighted by Crippen LogP contribution is -2.46. The molecule has 138 valence electrons. The average molecular weight is 374 g/mol. The van der Waals surface area contributed by atoms with Crippen LogP contribution in [0.25, 0.3) is 0 Å². The molecule has 1 unspecified atom stereocenters. The third-order valence-electron chi connectivity index (χ3n) is 5.00. The fourth-order valence-electron chi connectivity index (χ4n) is 3.63. The van der Waals surface area contributed by atoms with Crippen molar-refractivity contribution in [2.45, 2.75) is 43.1 Å². The third kappa shape index (κ3) is 3.39. The standard InChI is InChI=1S/C20H22O5S/c1-15-11-13-18(14-12-15)26(23,24)25-20(19(21)22,17-9-5-6-10-17)16-7-3-2-4-8-16/h2-4,7-8,11-14,17H,5-6,9-10H2,1H3,(H,21,22). The zero-order chi connectivity index (χ0) is 18.8. The van der Waals surface area contributed by atoms with Crippen LogP contribution < -0.4 is 0 Å². The fraction of sp³-hybridized carbons (Fsp3) is 0.350. The first-order chi connectivity index (χ1) is 12.4. The maximum Gasteiger partial charge on any atom is 0.342 e. The van der Waals surface area contributed by atoms with E-state index in [2.05, 4.69) is 0 Å². The average Bonchev–Trinajstić information content (AvgIpc) is 3.15. The summed E-state index contributed by atoms with van der Waals surface area (Å²) >= 11 is 0. The number of hydrogen-bond acceptors (Lipinski definition) is 4. The van der Waals surface area contributed by atoms with Crippen molar-refractivity contribution in [1.82, 2.24) is 0 Å². The first kappa shape index (κ1) is 18.6. The molecule has 1 N–H and O–H groups in total. The van der Waals surface area contributed by atoms with E-state index in [0.717, 1.165) is 18.4 Å². The summed E-state index contributed by atoms with van der Waals surface area (Å²) in [4.78, 5) is 12.3. The van der Waals surface area contributed by atoms with E-state index in [9.17, 15) is 18.3 Å². The van der Waals surface area contributed by atoms with Gasteiger partial charge in [-0.05, 0) is 37.5 Å². The SMILES string of the molecule is Cc1ccc(S(=O)(=O)OC(C(=O)O)(c2ccccc2)C2CCCC2)cc1. The van der Waals surface area contributed by atoms with Crippen LogP contribution >= 0.6 is 0 Å². The summed E-state index contributed by atoms with van der Waals surface area (Å²) in [6.07, 6.45) is 2.95. The summed E-state index contributed by atoms with van der Waals surface area (Å²) < 4.78 is 31.4. The van der Waals surface area contributed by atoms with E-state index in [1.54, 1.807) is 42.5 Å². The van der Waals surface area contributed by atoms with Gasteiger partial charge in [-0.3, -0.25) is 0 Å². The molecule has 0 heterocycles. The van der Waals surface area contributed by atoms with Crippen LogP contribution in [-0.4, -0.2) is 19.5 Å². The smallest absolute Gasteiger partial charge is 0.342 e. The van der Waals surface area contributed by atoms with Gasteiger partial charge in [0.25, 0.3) is 10.1 Å². The van der Waals surface area contributed by atoms with Crippen LogP contribution in [0.2, 0.25) is 0 Å². The minimum Gasteiger partial charge on any atom is -0.479 e. The fourth-order valence-corrected chi connectivity index (χ4v) is 4.85. The molecule has 0 radical (unpaired) electrons. The quantitative estimate of drug-likeness (QED) is 0.776. The lowest BCUT2D eigenvalue weighted by atomic mass is 9.80. The number of hydrogen-bond donors (Lipinski definition) is 1. The lowest BCUT2D eigenvalue weighted by Gasteiger charge is -2.34. The van der Waals surface area contributed by atoms with Crippen molar-refractivity contribution in [3.8, 4) is 0 Å². The second-order valence-corrected chi connectivity index (χ2v) is 8.29. The van der Waals surface area contributed by atoms with Crippen LogP contribution in [0.4, 0.5) is 0 Å². The predicted molar refractivity (Wildman–Crippen MR) is 97.2 cm³/mol. The molecule has 1 saturated carbocycles. The van der Waals surface area contributed by atoms with Crippen LogP contribution in [0.1, 0.15) is 36.8 Å². The van der Waals surface area contributed by atoms with Crippen molar-refractivity contribution in [2.75, 3.05) is 0 Å². The van der Waals surface area contributed by atoms with Crippen LogP contribution in [-0.2, 0) is 24.7 Å². The molecule has 6 heteroatoms. The molecule has 2 aromatic carbocycles. The number of carboxylic acid groups (broad SMARTS) is 1. The molecule has 1 aliphatic rings. The Bertz CT molecular complexity index is 868. The highest BCUT2D eigenvalue weighted by Gasteiger charge is 2.53. The molecule has 0 amide bonds.